The topological polar surface area (TPSA) is 36.0 Å². The molecule has 1 aromatic heterocycles. The van der Waals surface area contributed by atoms with Crippen LogP contribution in [0.25, 0.3) is 22.2 Å². The van der Waals surface area contributed by atoms with Gasteiger partial charge in [-0.25, -0.2) is 4.39 Å². The Labute approximate surface area is 139 Å². The Morgan fingerprint density at radius 3 is 2.38 bits per heavy atom. The van der Waals surface area contributed by atoms with E-state index in [1.54, 1.807) is 0 Å². The molecule has 1 heterocycles. The van der Waals surface area contributed by atoms with Crippen molar-refractivity contribution < 1.29 is 9.50 Å². The number of aromatic amines is 1. The smallest absolute Gasteiger partial charge is 0.137 e. The van der Waals surface area contributed by atoms with Gasteiger partial charge in [-0.2, -0.15) is 0 Å². The summed E-state index contributed by atoms with van der Waals surface area (Å²) in [7, 11) is 0. The third-order valence-corrected chi connectivity index (χ3v) is 3.84. The number of benzene rings is 2. The number of phenols is 1. The highest BCUT2D eigenvalue weighted by molar-refractivity contribution is 9.10. The summed E-state index contributed by atoms with van der Waals surface area (Å²) in [5.41, 5.74) is 1.62. The van der Waals surface area contributed by atoms with Crippen molar-refractivity contribution in [1.29, 1.82) is 0 Å². The van der Waals surface area contributed by atoms with E-state index in [1.165, 1.54) is 12.1 Å². The van der Waals surface area contributed by atoms with E-state index in [2.05, 4.69) is 36.8 Å². The molecule has 0 fully saturated rings. The van der Waals surface area contributed by atoms with Crippen LogP contribution in [-0.4, -0.2) is 10.1 Å². The average molecular weight is 415 g/mol. The maximum Gasteiger partial charge on any atom is 0.137 e. The second-order valence-electron chi connectivity index (χ2n) is 4.20. The van der Waals surface area contributed by atoms with Gasteiger partial charge in [0.1, 0.15) is 11.6 Å². The third-order valence-electron chi connectivity index (χ3n) is 2.89. The minimum atomic E-state index is -0.475. The van der Waals surface area contributed by atoms with Gasteiger partial charge in [-0.1, -0.05) is 45.7 Å². The lowest BCUT2D eigenvalue weighted by molar-refractivity contribution is 0.471. The van der Waals surface area contributed by atoms with Gasteiger partial charge >= 0.3 is 0 Å². The maximum atomic E-state index is 14.0. The predicted octanol–water partition coefficient (Wildman–Crippen LogP) is 6.23. The second kappa shape index (κ2) is 6.62. The molecular weight excluding hydrogens is 401 g/mol. The van der Waals surface area contributed by atoms with Gasteiger partial charge in [0.25, 0.3) is 0 Å². The highest BCUT2D eigenvalue weighted by Gasteiger charge is 2.14. The first-order valence-electron chi connectivity index (χ1n) is 6.51. The number of H-pyrrole nitrogens is 1. The predicted molar refractivity (Wildman–Crippen MR) is 92.1 cm³/mol. The SMILES string of the molecule is CC.Oc1cc(Br)cc(F)c1-c1cc2cc(Br)ccc2[nH]1. The van der Waals surface area contributed by atoms with Crippen molar-refractivity contribution in [2.45, 2.75) is 13.8 Å². The zero-order chi connectivity index (χ0) is 15.6. The lowest BCUT2D eigenvalue weighted by Gasteiger charge is -2.04. The summed E-state index contributed by atoms with van der Waals surface area (Å²) in [6.07, 6.45) is 0. The van der Waals surface area contributed by atoms with E-state index < -0.39 is 5.82 Å². The van der Waals surface area contributed by atoms with Gasteiger partial charge in [-0.15, -0.1) is 0 Å². The Kier molecular flexibility index (Phi) is 5.06. The summed E-state index contributed by atoms with van der Waals surface area (Å²) in [4.78, 5) is 3.10. The molecule has 0 aliphatic heterocycles. The van der Waals surface area contributed by atoms with Crippen LogP contribution in [0.1, 0.15) is 13.8 Å². The molecule has 0 atom stereocenters. The Morgan fingerprint density at radius 1 is 1.00 bits per heavy atom. The summed E-state index contributed by atoms with van der Waals surface area (Å²) in [5.74, 6) is -0.574. The summed E-state index contributed by atoms with van der Waals surface area (Å²) in [5, 5.41) is 10.9. The number of hydrogen-bond donors (Lipinski definition) is 2. The molecule has 2 N–H and O–H groups in total. The number of rotatable bonds is 1. The maximum absolute atomic E-state index is 14.0. The molecule has 3 rings (SSSR count). The standard InChI is InChI=1S/C14H8Br2FNO.C2H6/c15-8-1-2-11-7(3-8)4-12(18-11)14-10(17)5-9(16)6-13(14)19;1-2/h1-6,18-19H;1-2H3. The molecule has 0 saturated heterocycles. The molecule has 21 heavy (non-hydrogen) atoms. The summed E-state index contributed by atoms with van der Waals surface area (Å²) in [6, 6.07) is 10.3. The van der Waals surface area contributed by atoms with Gasteiger partial charge in [0.15, 0.2) is 0 Å². The lowest BCUT2D eigenvalue weighted by atomic mass is 10.1. The van der Waals surface area contributed by atoms with Crippen molar-refractivity contribution in [2.24, 2.45) is 0 Å². The molecular formula is C16H14Br2FNO. The quantitative estimate of drug-likeness (QED) is 0.486. The van der Waals surface area contributed by atoms with E-state index in [-0.39, 0.29) is 11.3 Å². The molecule has 0 aliphatic rings. The van der Waals surface area contributed by atoms with Gasteiger partial charge in [0.2, 0.25) is 0 Å². The first kappa shape index (κ1) is 16.0. The van der Waals surface area contributed by atoms with E-state index in [0.717, 1.165) is 15.4 Å². The van der Waals surface area contributed by atoms with Crippen LogP contribution >= 0.6 is 31.9 Å². The van der Waals surface area contributed by atoms with Crippen molar-refractivity contribution in [3.8, 4) is 17.0 Å². The molecule has 2 aromatic carbocycles. The molecule has 0 radical (unpaired) electrons. The van der Waals surface area contributed by atoms with Crippen LogP contribution in [0.2, 0.25) is 0 Å². The number of fused-ring (bicyclic) bond motifs is 1. The normalized spacial score (nSPS) is 10.3. The van der Waals surface area contributed by atoms with Crippen molar-refractivity contribution in [3.63, 3.8) is 0 Å². The fourth-order valence-corrected chi connectivity index (χ4v) is 2.86. The van der Waals surface area contributed by atoms with Crippen LogP contribution < -0.4 is 0 Å². The Hall–Kier alpha value is -1.33. The molecule has 0 bridgehead atoms. The molecule has 110 valence electrons. The molecule has 0 aliphatic carbocycles. The summed E-state index contributed by atoms with van der Waals surface area (Å²) >= 11 is 6.54. The number of phenolic OH excluding ortho intramolecular Hbond substituents is 1. The number of aromatic nitrogens is 1. The summed E-state index contributed by atoms with van der Waals surface area (Å²) in [6.45, 7) is 4.00. The van der Waals surface area contributed by atoms with Crippen LogP contribution in [0.15, 0.2) is 45.3 Å². The van der Waals surface area contributed by atoms with Crippen LogP contribution in [-0.2, 0) is 0 Å². The zero-order valence-electron chi connectivity index (χ0n) is 11.5. The minimum absolute atomic E-state index is 0.0995. The lowest BCUT2D eigenvalue weighted by Crippen LogP contribution is -1.86. The molecule has 2 nitrogen and oxygen atoms in total. The Bertz CT molecular complexity index is 760. The highest BCUT2D eigenvalue weighted by Crippen LogP contribution is 2.36. The Morgan fingerprint density at radius 2 is 1.71 bits per heavy atom. The van der Waals surface area contributed by atoms with E-state index in [0.29, 0.717) is 10.2 Å². The number of hydrogen-bond acceptors (Lipinski definition) is 1. The van der Waals surface area contributed by atoms with E-state index >= 15 is 0 Å². The van der Waals surface area contributed by atoms with Gasteiger partial charge in [0, 0.05) is 19.8 Å². The van der Waals surface area contributed by atoms with Crippen LogP contribution in [0.4, 0.5) is 4.39 Å². The van der Waals surface area contributed by atoms with E-state index in [9.17, 15) is 9.50 Å². The van der Waals surface area contributed by atoms with Gasteiger partial charge in [0.05, 0.1) is 11.3 Å². The fourth-order valence-electron chi connectivity index (χ4n) is 2.06. The van der Waals surface area contributed by atoms with Crippen molar-refractivity contribution in [2.75, 3.05) is 0 Å². The van der Waals surface area contributed by atoms with Gasteiger partial charge < -0.3 is 10.1 Å². The largest absolute Gasteiger partial charge is 0.507 e. The fraction of sp³-hybridized carbons (Fsp3) is 0.125. The number of aromatic hydroxyl groups is 1. The van der Waals surface area contributed by atoms with Crippen molar-refractivity contribution in [1.82, 2.24) is 4.98 Å². The average Bonchev–Trinajstić information content (AvgIpc) is 2.82. The second-order valence-corrected chi connectivity index (χ2v) is 6.03. The molecule has 5 heteroatoms. The molecule has 0 saturated carbocycles. The van der Waals surface area contributed by atoms with Gasteiger partial charge in [-0.05, 0) is 36.4 Å². The zero-order valence-corrected chi connectivity index (χ0v) is 14.7. The molecule has 3 aromatic rings. The third kappa shape index (κ3) is 3.30. The number of halogens is 3. The van der Waals surface area contributed by atoms with Gasteiger partial charge in [-0.3, -0.25) is 0 Å². The van der Waals surface area contributed by atoms with E-state index in [1.807, 2.05) is 38.1 Å². The Balaban J connectivity index is 0.000000774. The van der Waals surface area contributed by atoms with Crippen LogP contribution in [0, 0.1) is 5.82 Å². The monoisotopic (exact) mass is 413 g/mol. The summed E-state index contributed by atoms with van der Waals surface area (Å²) < 4.78 is 15.4. The molecule has 0 unspecified atom stereocenters. The minimum Gasteiger partial charge on any atom is -0.507 e. The molecule has 0 amide bonds. The van der Waals surface area contributed by atoms with E-state index in [4.69, 9.17) is 0 Å². The van der Waals surface area contributed by atoms with Crippen LogP contribution in [0.3, 0.4) is 0 Å². The first-order chi connectivity index (χ1) is 10.0. The van der Waals surface area contributed by atoms with Crippen LogP contribution in [0.5, 0.6) is 5.75 Å². The molecule has 0 spiro atoms. The van der Waals surface area contributed by atoms with Crippen molar-refractivity contribution in [3.05, 3.63) is 51.2 Å². The highest BCUT2D eigenvalue weighted by atomic mass is 79.9. The number of nitrogens with one attached hydrogen (secondary N) is 1. The van der Waals surface area contributed by atoms with Crippen molar-refractivity contribution >= 4 is 42.8 Å². The first-order valence-corrected chi connectivity index (χ1v) is 8.10.